The number of fused-ring (bicyclic) bond motifs is 1. The van der Waals surface area contributed by atoms with Crippen LogP contribution in [0.2, 0.25) is 0 Å². The monoisotopic (exact) mass is 177 g/mol. The van der Waals surface area contributed by atoms with Crippen molar-refractivity contribution >= 4 is 0 Å². The fraction of sp³-hybridized carbons (Fsp3) is 0.625. The molecule has 1 aliphatic rings. The van der Waals surface area contributed by atoms with Gasteiger partial charge in [-0.15, -0.1) is 10.2 Å². The molecule has 0 saturated heterocycles. The highest BCUT2D eigenvalue weighted by atomic mass is 15.3. The van der Waals surface area contributed by atoms with Gasteiger partial charge in [0.25, 0.3) is 0 Å². The maximum Gasteiger partial charge on any atom is 0.147 e. The second-order valence-electron chi connectivity index (χ2n) is 3.12. The van der Waals surface area contributed by atoms with Gasteiger partial charge < -0.3 is 4.57 Å². The molecule has 1 aromatic rings. The zero-order valence-corrected chi connectivity index (χ0v) is 7.35. The van der Waals surface area contributed by atoms with Crippen LogP contribution >= 0.6 is 0 Å². The van der Waals surface area contributed by atoms with E-state index >= 15 is 0 Å². The van der Waals surface area contributed by atoms with E-state index < -0.39 is 0 Å². The molecule has 13 heavy (non-hydrogen) atoms. The van der Waals surface area contributed by atoms with Crippen molar-refractivity contribution in [1.82, 2.24) is 19.7 Å². The van der Waals surface area contributed by atoms with Crippen molar-refractivity contribution in [2.75, 3.05) is 13.1 Å². The van der Waals surface area contributed by atoms with Gasteiger partial charge in [0, 0.05) is 26.1 Å². The average Bonchev–Trinajstić information content (AvgIpc) is 2.61. The summed E-state index contributed by atoms with van der Waals surface area (Å²) >= 11 is 0. The molecule has 0 radical (unpaired) electrons. The highest BCUT2D eigenvalue weighted by Gasteiger charge is 2.16. The predicted octanol–water partition coefficient (Wildman–Crippen LogP) is 0.00738. The van der Waals surface area contributed by atoms with Crippen LogP contribution in [0.5, 0.6) is 0 Å². The lowest BCUT2D eigenvalue weighted by Gasteiger charge is -2.25. The summed E-state index contributed by atoms with van der Waals surface area (Å²) in [5.74, 6) is 1.00. The fourth-order valence-electron chi connectivity index (χ4n) is 1.52. The lowest BCUT2D eigenvalue weighted by Crippen LogP contribution is -2.34. The molecule has 1 aromatic heterocycles. The molecular formula is C8H11N5. The lowest BCUT2D eigenvalue weighted by molar-refractivity contribution is 0.221. The topological polar surface area (TPSA) is 57.7 Å². The molecule has 1 aliphatic heterocycles. The van der Waals surface area contributed by atoms with Crippen molar-refractivity contribution < 1.29 is 0 Å². The molecule has 0 amide bonds. The van der Waals surface area contributed by atoms with Gasteiger partial charge in [-0.2, -0.15) is 5.26 Å². The molecule has 0 saturated carbocycles. The second-order valence-corrected chi connectivity index (χ2v) is 3.12. The minimum atomic E-state index is 0.591. The Morgan fingerprint density at radius 1 is 1.54 bits per heavy atom. The van der Waals surface area contributed by atoms with Gasteiger partial charge in [-0.3, -0.25) is 4.90 Å². The normalized spacial score (nSPS) is 16.5. The SMILES string of the molecule is N#CCCN1CCn2cnnc2C1. The van der Waals surface area contributed by atoms with E-state index in [-0.39, 0.29) is 0 Å². The molecule has 0 fully saturated rings. The molecule has 5 nitrogen and oxygen atoms in total. The smallest absolute Gasteiger partial charge is 0.147 e. The van der Waals surface area contributed by atoms with E-state index in [1.807, 2.05) is 0 Å². The summed E-state index contributed by atoms with van der Waals surface area (Å²) in [6.07, 6.45) is 2.35. The summed E-state index contributed by atoms with van der Waals surface area (Å²) in [6, 6.07) is 2.15. The zero-order valence-electron chi connectivity index (χ0n) is 7.35. The summed E-state index contributed by atoms with van der Waals surface area (Å²) in [5.41, 5.74) is 0. The first kappa shape index (κ1) is 8.20. The number of nitriles is 1. The van der Waals surface area contributed by atoms with Gasteiger partial charge in [-0.1, -0.05) is 0 Å². The third-order valence-electron chi connectivity index (χ3n) is 2.26. The molecule has 0 bridgehead atoms. The van der Waals surface area contributed by atoms with E-state index in [1.165, 1.54) is 0 Å². The average molecular weight is 177 g/mol. The van der Waals surface area contributed by atoms with Crippen LogP contribution in [0.4, 0.5) is 0 Å². The Labute approximate surface area is 76.6 Å². The summed E-state index contributed by atoms with van der Waals surface area (Å²) in [4.78, 5) is 2.23. The van der Waals surface area contributed by atoms with Crippen LogP contribution in [0, 0.1) is 11.3 Å². The Morgan fingerprint density at radius 3 is 3.31 bits per heavy atom. The van der Waals surface area contributed by atoms with Gasteiger partial charge >= 0.3 is 0 Å². The van der Waals surface area contributed by atoms with Crippen molar-refractivity contribution in [3.8, 4) is 6.07 Å². The molecule has 0 N–H and O–H groups in total. The van der Waals surface area contributed by atoms with Gasteiger partial charge in [-0.25, -0.2) is 0 Å². The lowest BCUT2D eigenvalue weighted by atomic mass is 10.3. The van der Waals surface area contributed by atoms with Crippen molar-refractivity contribution in [1.29, 1.82) is 5.26 Å². The highest BCUT2D eigenvalue weighted by Crippen LogP contribution is 2.08. The Morgan fingerprint density at radius 2 is 2.46 bits per heavy atom. The third-order valence-corrected chi connectivity index (χ3v) is 2.26. The Kier molecular flexibility index (Phi) is 2.23. The summed E-state index contributed by atoms with van der Waals surface area (Å²) in [7, 11) is 0. The minimum Gasteiger partial charge on any atom is -0.315 e. The van der Waals surface area contributed by atoms with Crippen LogP contribution in [0.25, 0.3) is 0 Å². The quantitative estimate of drug-likeness (QED) is 0.638. The fourth-order valence-corrected chi connectivity index (χ4v) is 1.52. The number of nitrogens with zero attached hydrogens (tertiary/aromatic N) is 5. The van der Waals surface area contributed by atoms with Crippen molar-refractivity contribution in [2.24, 2.45) is 0 Å². The Balaban J connectivity index is 1.97. The molecule has 2 heterocycles. The molecule has 0 spiro atoms. The van der Waals surface area contributed by atoms with E-state index in [2.05, 4.69) is 25.7 Å². The molecule has 0 atom stereocenters. The Bertz CT molecular complexity index is 324. The van der Waals surface area contributed by atoms with Crippen LogP contribution < -0.4 is 0 Å². The molecule has 68 valence electrons. The van der Waals surface area contributed by atoms with Gasteiger partial charge in [0.1, 0.15) is 12.2 Å². The van der Waals surface area contributed by atoms with Crippen LogP contribution in [0.15, 0.2) is 6.33 Å². The number of rotatable bonds is 2. The van der Waals surface area contributed by atoms with E-state index in [0.29, 0.717) is 6.42 Å². The van der Waals surface area contributed by atoms with Gasteiger partial charge in [0.15, 0.2) is 0 Å². The maximum absolute atomic E-state index is 8.44. The first-order valence-corrected chi connectivity index (χ1v) is 4.36. The standard InChI is InChI=1S/C8H11N5/c9-2-1-3-12-4-5-13-7-10-11-8(13)6-12/h7H,1,3-6H2. The van der Waals surface area contributed by atoms with Crippen LogP contribution in [0.3, 0.4) is 0 Å². The largest absolute Gasteiger partial charge is 0.315 e. The minimum absolute atomic E-state index is 0.591. The summed E-state index contributed by atoms with van der Waals surface area (Å²) in [5, 5.41) is 16.3. The van der Waals surface area contributed by atoms with Crippen molar-refractivity contribution in [2.45, 2.75) is 19.5 Å². The van der Waals surface area contributed by atoms with Gasteiger partial charge in [-0.05, 0) is 0 Å². The Hall–Kier alpha value is -1.41. The number of aromatic nitrogens is 3. The molecular weight excluding hydrogens is 166 g/mol. The van der Waals surface area contributed by atoms with E-state index in [9.17, 15) is 0 Å². The van der Waals surface area contributed by atoms with Crippen LogP contribution in [-0.4, -0.2) is 32.8 Å². The van der Waals surface area contributed by atoms with E-state index in [0.717, 1.165) is 32.0 Å². The van der Waals surface area contributed by atoms with Crippen molar-refractivity contribution in [3.05, 3.63) is 12.2 Å². The van der Waals surface area contributed by atoms with Crippen LogP contribution in [0.1, 0.15) is 12.2 Å². The summed E-state index contributed by atoms with van der Waals surface area (Å²) < 4.78 is 2.06. The van der Waals surface area contributed by atoms with Crippen molar-refractivity contribution in [3.63, 3.8) is 0 Å². The third kappa shape index (κ3) is 1.68. The van der Waals surface area contributed by atoms with Gasteiger partial charge in [0.05, 0.1) is 12.6 Å². The molecule has 2 rings (SSSR count). The number of hydrogen-bond acceptors (Lipinski definition) is 4. The molecule has 5 heteroatoms. The van der Waals surface area contributed by atoms with Crippen LogP contribution in [-0.2, 0) is 13.1 Å². The zero-order chi connectivity index (χ0) is 9.10. The summed E-state index contributed by atoms with van der Waals surface area (Å²) in [6.45, 7) is 3.59. The maximum atomic E-state index is 8.44. The highest BCUT2D eigenvalue weighted by molar-refractivity contribution is 4.90. The molecule has 0 aliphatic carbocycles. The molecule has 0 unspecified atom stereocenters. The van der Waals surface area contributed by atoms with Gasteiger partial charge in [0.2, 0.25) is 0 Å². The second kappa shape index (κ2) is 3.54. The number of hydrogen-bond donors (Lipinski definition) is 0. The van der Waals surface area contributed by atoms with E-state index in [4.69, 9.17) is 5.26 Å². The first-order chi connectivity index (χ1) is 6.40. The molecule has 0 aromatic carbocycles. The predicted molar refractivity (Wildman–Crippen MR) is 45.5 cm³/mol. The van der Waals surface area contributed by atoms with E-state index in [1.54, 1.807) is 6.33 Å². The first-order valence-electron chi connectivity index (χ1n) is 4.36.